The average molecular weight is 346 g/mol. The van der Waals surface area contributed by atoms with E-state index in [0.29, 0.717) is 0 Å². The van der Waals surface area contributed by atoms with Gasteiger partial charge in [-0.1, -0.05) is 12.1 Å². The minimum Gasteiger partial charge on any atom is -0.437 e. The second-order valence-electron chi connectivity index (χ2n) is 4.96. The van der Waals surface area contributed by atoms with Crippen LogP contribution in [0.1, 0.15) is 22.8 Å². The summed E-state index contributed by atoms with van der Waals surface area (Å²) in [6.07, 6.45) is 0. The van der Waals surface area contributed by atoms with Crippen LogP contribution in [0.5, 0.6) is 5.75 Å². The molecule has 1 aliphatic heterocycles. The Morgan fingerprint density at radius 1 is 1.21 bits per heavy atom. The number of Topliss-reactive ketones (excluding diaryl/α,β-unsaturated/α-hetero) is 1. The zero-order chi connectivity index (χ0) is 17.5. The molecule has 2 aromatic carbocycles. The molecule has 1 aliphatic rings. The SMILES string of the molecule is CC(=O)c1ccccc1OC1=NS(=O)(=O)c2cc([N+](=O)[O-])ccc21. The molecular weight excluding hydrogens is 336 g/mol. The number of hydrogen-bond acceptors (Lipinski definition) is 6. The van der Waals surface area contributed by atoms with E-state index in [1.165, 1.54) is 19.1 Å². The summed E-state index contributed by atoms with van der Waals surface area (Å²) in [6.45, 7) is 1.35. The van der Waals surface area contributed by atoms with Crippen LogP contribution in [0.3, 0.4) is 0 Å². The second kappa shape index (κ2) is 5.53. The first-order valence-corrected chi connectivity index (χ1v) is 8.15. The van der Waals surface area contributed by atoms with Crippen LogP contribution in [0, 0.1) is 10.1 Å². The van der Waals surface area contributed by atoms with Crippen LogP contribution in [-0.4, -0.2) is 25.0 Å². The standard InChI is InChI=1S/C15H10N2O6S/c1-9(18)11-4-2-3-5-13(11)23-15-12-7-6-10(17(19)20)8-14(12)24(21,22)16-15/h2-8H,1H3. The summed E-state index contributed by atoms with van der Waals surface area (Å²) in [5.41, 5.74) is 0.0184. The lowest BCUT2D eigenvalue weighted by Crippen LogP contribution is -2.10. The first-order chi connectivity index (χ1) is 11.3. The van der Waals surface area contributed by atoms with Crippen molar-refractivity contribution in [1.29, 1.82) is 0 Å². The summed E-state index contributed by atoms with van der Waals surface area (Å²) in [5.74, 6) is -0.324. The van der Waals surface area contributed by atoms with Crippen LogP contribution >= 0.6 is 0 Å². The van der Waals surface area contributed by atoms with Crippen LogP contribution in [0.25, 0.3) is 0 Å². The lowest BCUT2D eigenvalue weighted by Gasteiger charge is -2.08. The van der Waals surface area contributed by atoms with Gasteiger partial charge in [0.25, 0.3) is 15.7 Å². The number of non-ortho nitro benzene ring substituents is 1. The molecule has 2 aromatic rings. The molecular formula is C15H10N2O6S. The molecule has 1 heterocycles. The largest absolute Gasteiger partial charge is 0.437 e. The Hall–Kier alpha value is -3.07. The molecule has 0 saturated carbocycles. The number of nitro groups is 1. The van der Waals surface area contributed by atoms with Gasteiger partial charge in [-0.2, -0.15) is 8.42 Å². The molecule has 0 aliphatic carbocycles. The molecule has 9 heteroatoms. The van der Waals surface area contributed by atoms with Crippen molar-refractivity contribution in [3.05, 3.63) is 63.7 Å². The molecule has 0 aromatic heterocycles. The zero-order valence-corrected chi connectivity index (χ0v) is 13.1. The number of ether oxygens (including phenoxy) is 1. The zero-order valence-electron chi connectivity index (χ0n) is 12.3. The van der Waals surface area contributed by atoms with E-state index in [-0.39, 0.29) is 39.1 Å². The van der Waals surface area contributed by atoms with Crippen molar-refractivity contribution in [2.24, 2.45) is 4.40 Å². The number of benzene rings is 2. The molecule has 0 fully saturated rings. The highest BCUT2D eigenvalue weighted by molar-refractivity contribution is 7.90. The fourth-order valence-electron chi connectivity index (χ4n) is 2.25. The van der Waals surface area contributed by atoms with E-state index in [1.54, 1.807) is 18.2 Å². The van der Waals surface area contributed by atoms with Crippen molar-refractivity contribution in [2.75, 3.05) is 0 Å². The minimum absolute atomic E-state index is 0.110. The summed E-state index contributed by atoms with van der Waals surface area (Å²) >= 11 is 0. The first kappa shape index (κ1) is 15.8. The maximum Gasteiger partial charge on any atom is 0.286 e. The highest BCUT2D eigenvalue weighted by Crippen LogP contribution is 2.31. The smallest absolute Gasteiger partial charge is 0.286 e. The van der Waals surface area contributed by atoms with Gasteiger partial charge in [-0.15, -0.1) is 4.40 Å². The van der Waals surface area contributed by atoms with E-state index in [9.17, 15) is 23.3 Å². The summed E-state index contributed by atoms with van der Waals surface area (Å²) in [6, 6.07) is 9.67. The van der Waals surface area contributed by atoms with Gasteiger partial charge in [-0.05, 0) is 25.1 Å². The van der Waals surface area contributed by atoms with E-state index in [4.69, 9.17) is 4.74 Å². The van der Waals surface area contributed by atoms with Gasteiger partial charge in [-0.25, -0.2) is 0 Å². The fraction of sp³-hybridized carbons (Fsp3) is 0.0667. The Labute approximate surface area is 136 Å². The molecule has 0 unspecified atom stereocenters. The molecule has 0 spiro atoms. The molecule has 8 nitrogen and oxygen atoms in total. The Morgan fingerprint density at radius 3 is 2.58 bits per heavy atom. The van der Waals surface area contributed by atoms with E-state index in [0.717, 1.165) is 12.1 Å². The number of nitro benzene ring substituents is 1. The number of hydrogen-bond donors (Lipinski definition) is 0. The van der Waals surface area contributed by atoms with Crippen LogP contribution in [0.15, 0.2) is 51.8 Å². The Bertz CT molecular complexity index is 1010. The molecule has 3 rings (SSSR count). The first-order valence-electron chi connectivity index (χ1n) is 6.71. The number of carbonyl (C=O) groups is 1. The van der Waals surface area contributed by atoms with Gasteiger partial charge in [0.05, 0.1) is 16.1 Å². The second-order valence-corrected chi connectivity index (χ2v) is 6.54. The normalized spacial score (nSPS) is 14.6. The lowest BCUT2D eigenvalue weighted by atomic mass is 10.1. The Kier molecular flexibility index (Phi) is 3.64. The third kappa shape index (κ3) is 2.65. The summed E-state index contributed by atoms with van der Waals surface area (Å²) in [7, 11) is -4.09. The van der Waals surface area contributed by atoms with Gasteiger partial charge in [0.1, 0.15) is 10.6 Å². The number of para-hydroxylation sites is 1. The molecule has 122 valence electrons. The van der Waals surface area contributed by atoms with Crippen LogP contribution in [0.4, 0.5) is 5.69 Å². The molecule has 0 bridgehead atoms. The van der Waals surface area contributed by atoms with Gasteiger partial charge in [0, 0.05) is 12.1 Å². The molecule has 0 saturated heterocycles. The van der Waals surface area contributed by atoms with Crippen molar-refractivity contribution in [3.8, 4) is 5.75 Å². The number of rotatable bonds is 3. The van der Waals surface area contributed by atoms with Crippen LogP contribution in [0.2, 0.25) is 0 Å². The maximum absolute atomic E-state index is 12.1. The number of nitrogens with zero attached hydrogens (tertiary/aromatic N) is 2. The van der Waals surface area contributed by atoms with E-state index in [1.807, 2.05) is 0 Å². The predicted molar refractivity (Wildman–Crippen MR) is 83.9 cm³/mol. The molecule has 0 radical (unpaired) electrons. The number of carbonyl (C=O) groups excluding carboxylic acids is 1. The topological polar surface area (TPSA) is 116 Å². The Morgan fingerprint density at radius 2 is 1.92 bits per heavy atom. The van der Waals surface area contributed by atoms with Gasteiger partial charge >= 0.3 is 0 Å². The summed E-state index contributed by atoms with van der Waals surface area (Å²) in [4.78, 5) is 21.4. The van der Waals surface area contributed by atoms with Gasteiger partial charge in [-0.3, -0.25) is 14.9 Å². The summed E-state index contributed by atoms with van der Waals surface area (Å²) < 4.78 is 33.2. The van der Waals surface area contributed by atoms with E-state index >= 15 is 0 Å². The van der Waals surface area contributed by atoms with Crippen molar-refractivity contribution in [3.63, 3.8) is 0 Å². The molecule has 24 heavy (non-hydrogen) atoms. The van der Waals surface area contributed by atoms with Crippen molar-refractivity contribution in [1.82, 2.24) is 0 Å². The highest BCUT2D eigenvalue weighted by Gasteiger charge is 2.33. The lowest BCUT2D eigenvalue weighted by molar-refractivity contribution is -0.385. The quantitative estimate of drug-likeness (QED) is 0.478. The predicted octanol–water partition coefficient (Wildman–Crippen LogP) is 2.33. The Balaban J connectivity index is 2.07. The van der Waals surface area contributed by atoms with Gasteiger partial charge in [0.2, 0.25) is 5.90 Å². The van der Waals surface area contributed by atoms with Crippen LogP contribution < -0.4 is 4.74 Å². The number of ketones is 1. The van der Waals surface area contributed by atoms with E-state index in [2.05, 4.69) is 4.40 Å². The molecule has 0 atom stereocenters. The van der Waals surface area contributed by atoms with Crippen molar-refractivity contribution in [2.45, 2.75) is 11.8 Å². The minimum atomic E-state index is -4.09. The monoisotopic (exact) mass is 346 g/mol. The number of sulfonamides is 1. The molecule has 0 N–H and O–H groups in total. The fourth-order valence-corrected chi connectivity index (χ4v) is 3.40. The van der Waals surface area contributed by atoms with Crippen LogP contribution in [-0.2, 0) is 10.0 Å². The summed E-state index contributed by atoms with van der Waals surface area (Å²) in [5, 5.41) is 10.8. The van der Waals surface area contributed by atoms with Crippen molar-refractivity contribution < 1.29 is 22.9 Å². The molecule has 0 amide bonds. The maximum atomic E-state index is 12.1. The third-order valence-corrected chi connectivity index (χ3v) is 4.66. The average Bonchev–Trinajstić information content (AvgIpc) is 2.78. The van der Waals surface area contributed by atoms with Gasteiger partial charge in [0.15, 0.2) is 5.78 Å². The van der Waals surface area contributed by atoms with Crippen molar-refractivity contribution >= 4 is 27.4 Å². The third-order valence-electron chi connectivity index (χ3n) is 3.36. The highest BCUT2D eigenvalue weighted by atomic mass is 32.2. The number of fused-ring (bicyclic) bond motifs is 1. The van der Waals surface area contributed by atoms with E-state index < -0.39 is 14.9 Å². The van der Waals surface area contributed by atoms with Gasteiger partial charge < -0.3 is 4.74 Å².